The highest BCUT2D eigenvalue weighted by molar-refractivity contribution is 7.13. The zero-order valence-corrected chi connectivity index (χ0v) is 18.5. The maximum Gasteiger partial charge on any atom is 0.326 e. The Hall–Kier alpha value is -3.19. The lowest BCUT2D eigenvalue weighted by Gasteiger charge is -2.32. The Morgan fingerprint density at radius 1 is 1.23 bits per heavy atom. The number of thiazole rings is 1. The number of benzene rings is 2. The number of hydrogen-bond donors (Lipinski definition) is 0. The van der Waals surface area contributed by atoms with Gasteiger partial charge < -0.3 is 9.47 Å². The minimum atomic E-state index is -0.668. The van der Waals surface area contributed by atoms with Gasteiger partial charge in [-0.05, 0) is 38.5 Å². The van der Waals surface area contributed by atoms with Crippen molar-refractivity contribution in [3.63, 3.8) is 0 Å². The van der Waals surface area contributed by atoms with Gasteiger partial charge in [0.2, 0.25) is 0 Å². The van der Waals surface area contributed by atoms with Crippen LogP contribution in [-0.2, 0) is 14.3 Å². The molecule has 31 heavy (non-hydrogen) atoms. The molecule has 2 atom stereocenters. The maximum atomic E-state index is 12.8. The highest BCUT2D eigenvalue weighted by Gasteiger charge is 2.33. The minimum Gasteiger partial charge on any atom is -0.479 e. The van der Waals surface area contributed by atoms with Gasteiger partial charge in [0.15, 0.2) is 6.10 Å². The van der Waals surface area contributed by atoms with Crippen molar-refractivity contribution < 1.29 is 19.1 Å². The van der Waals surface area contributed by atoms with Crippen LogP contribution in [0.25, 0.3) is 21.8 Å². The molecular formula is C24H24N2O4S. The van der Waals surface area contributed by atoms with Crippen molar-refractivity contribution in [1.29, 1.82) is 0 Å². The van der Waals surface area contributed by atoms with E-state index in [9.17, 15) is 9.59 Å². The van der Waals surface area contributed by atoms with E-state index in [-0.39, 0.29) is 18.6 Å². The van der Waals surface area contributed by atoms with Gasteiger partial charge >= 0.3 is 5.97 Å². The van der Waals surface area contributed by atoms with E-state index in [0.717, 1.165) is 21.8 Å². The van der Waals surface area contributed by atoms with Crippen LogP contribution in [0.2, 0.25) is 0 Å². The number of anilines is 1. The van der Waals surface area contributed by atoms with Crippen LogP contribution in [-0.4, -0.2) is 35.6 Å². The van der Waals surface area contributed by atoms with Crippen molar-refractivity contribution in [3.05, 3.63) is 53.9 Å². The molecule has 6 nitrogen and oxygen atoms in total. The molecule has 160 valence electrons. The van der Waals surface area contributed by atoms with Crippen molar-refractivity contribution in [2.45, 2.75) is 39.4 Å². The Morgan fingerprint density at radius 3 is 2.74 bits per heavy atom. The van der Waals surface area contributed by atoms with Crippen LogP contribution < -0.4 is 9.64 Å². The molecule has 2 unspecified atom stereocenters. The Kier molecular flexibility index (Phi) is 6.04. The molecule has 1 aliphatic rings. The van der Waals surface area contributed by atoms with Crippen LogP contribution in [0.5, 0.6) is 5.75 Å². The average molecular weight is 437 g/mol. The molecule has 0 saturated carbocycles. The number of nitrogens with zero attached hydrogens (tertiary/aromatic N) is 2. The molecule has 0 spiro atoms. The highest BCUT2D eigenvalue weighted by Crippen LogP contribution is 2.38. The second-order valence-electron chi connectivity index (χ2n) is 7.48. The van der Waals surface area contributed by atoms with Crippen molar-refractivity contribution in [1.82, 2.24) is 4.98 Å². The van der Waals surface area contributed by atoms with Gasteiger partial charge in [0.05, 0.1) is 17.5 Å². The first kappa shape index (κ1) is 21.1. The Balaban J connectivity index is 1.64. The summed E-state index contributed by atoms with van der Waals surface area (Å²) in [7, 11) is 0. The molecule has 0 saturated heterocycles. The third-order valence-electron chi connectivity index (χ3n) is 5.18. The molecule has 1 aromatic heterocycles. The summed E-state index contributed by atoms with van der Waals surface area (Å²) in [4.78, 5) is 31.4. The van der Waals surface area contributed by atoms with Gasteiger partial charge in [-0.2, -0.15) is 0 Å². The second-order valence-corrected chi connectivity index (χ2v) is 8.34. The van der Waals surface area contributed by atoms with Crippen LogP contribution in [0.1, 0.15) is 27.2 Å². The molecule has 0 fully saturated rings. The van der Waals surface area contributed by atoms with Gasteiger partial charge in [-0.15, -0.1) is 11.3 Å². The van der Waals surface area contributed by atoms with E-state index in [1.54, 1.807) is 18.3 Å². The molecular weight excluding hydrogens is 412 g/mol. The van der Waals surface area contributed by atoms with Crippen LogP contribution in [0, 0.1) is 0 Å². The first-order valence-corrected chi connectivity index (χ1v) is 11.2. The Bertz CT molecular complexity index is 1100. The number of hydrogen-bond acceptors (Lipinski definition) is 6. The first-order chi connectivity index (χ1) is 15.0. The quantitative estimate of drug-likeness (QED) is 0.513. The molecule has 2 aromatic carbocycles. The zero-order valence-electron chi connectivity index (χ0n) is 17.7. The van der Waals surface area contributed by atoms with Crippen LogP contribution in [0.4, 0.5) is 5.69 Å². The average Bonchev–Trinajstić information content (AvgIpc) is 3.27. The summed E-state index contributed by atoms with van der Waals surface area (Å²) in [5.74, 6) is -0.145. The predicted molar refractivity (Wildman–Crippen MR) is 121 cm³/mol. The van der Waals surface area contributed by atoms with Crippen LogP contribution >= 0.6 is 11.3 Å². The van der Waals surface area contributed by atoms with Gasteiger partial charge in [-0.3, -0.25) is 14.5 Å². The zero-order chi connectivity index (χ0) is 22.0. The van der Waals surface area contributed by atoms with Crippen LogP contribution in [0.3, 0.4) is 0 Å². The monoisotopic (exact) mass is 436 g/mol. The molecule has 2 heterocycles. The summed E-state index contributed by atoms with van der Waals surface area (Å²) in [6, 6.07) is 15.6. The van der Waals surface area contributed by atoms with Crippen molar-refractivity contribution in [2.75, 3.05) is 11.4 Å². The molecule has 1 aliphatic heterocycles. The lowest BCUT2D eigenvalue weighted by Crippen LogP contribution is -2.47. The summed E-state index contributed by atoms with van der Waals surface area (Å²) in [5.41, 5.74) is 3.26. The number of carbonyl (C=O) groups is 2. The van der Waals surface area contributed by atoms with E-state index in [2.05, 4.69) is 0 Å². The van der Waals surface area contributed by atoms with Gasteiger partial charge in [-0.25, -0.2) is 4.98 Å². The third kappa shape index (κ3) is 4.46. The molecule has 0 aliphatic carbocycles. The molecule has 4 rings (SSSR count). The summed E-state index contributed by atoms with van der Waals surface area (Å²) >= 11 is 1.56. The lowest BCUT2D eigenvalue weighted by atomic mass is 10.1. The van der Waals surface area contributed by atoms with Gasteiger partial charge in [0.1, 0.15) is 17.3 Å². The summed E-state index contributed by atoms with van der Waals surface area (Å²) < 4.78 is 11.1. The fraction of sp³-hybridized carbons (Fsp3) is 0.292. The molecule has 0 radical (unpaired) electrons. The fourth-order valence-electron chi connectivity index (χ4n) is 3.32. The van der Waals surface area contributed by atoms with Crippen molar-refractivity contribution in [2.24, 2.45) is 0 Å². The minimum absolute atomic E-state index is 0.153. The van der Waals surface area contributed by atoms with Crippen molar-refractivity contribution >= 4 is 28.9 Å². The smallest absolute Gasteiger partial charge is 0.326 e. The van der Waals surface area contributed by atoms with Crippen LogP contribution in [0.15, 0.2) is 53.9 Å². The fourth-order valence-corrected chi connectivity index (χ4v) is 4.16. The van der Waals surface area contributed by atoms with Gasteiger partial charge in [0, 0.05) is 16.5 Å². The standard InChI is InChI=1S/C24H24N2O4S/c1-4-15(2)29-22(27)13-26-20-12-18(10-11-21(20)30-16(3)24(26)28)19-14-31-23(25-19)17-8-6-5-7-9-17/h5-12,14-16H,4,13H2,1-3H3. The predicted octanol–water partition coefficient (Wildman–Crippen LogP) is 4.93. The number of carbonyl (C=O) groups excluding carboxylic acids is 2. The number of fused-ring (bicyclic) bond motifs is 1. The summed E-state index contributed by atoms with van der Waals surface area (Å²) in [6.45, 7) is 5.30. The second kappa shape index (κ2) is 8.89. The SMILES string of the molecule is CCC(C)OC(=O)CN1C(=O)C(C)Oc2ccc(-c3csc(-c4ccccc4)n3)cc21. The highest BCUT2D eigenvalue weighted by atomic mass is 32.1. The van der Waals surface area contributed by atoms with Gasteiger partial charge in [0.25, 0.3) is 5.91 Å². The summed E-state index contributed by atoms with van der Waals surface area (Å²) in [6.07, 6.45) is -0.148. The third-order valence-corrected chi connectivity index (χ3v) is 6.07. The molecule has 0 bridgehead atoms. The number of rotatable bonds is 6. The lowest BCUT2D eigenvalue weighted by molar-refractivity contribution is -0.147. The molecule has 7 heteroatoms. The molecule has 1 amide bonds. The Labute approximate surface area is 185 Å². The maximum absolute atomic E-state index is 12.8. The van der Waals surface area contributed by atoms with E-state index in [1.165, 1.54) is 4.90 Å². The van der Waals surface area contributed by atoms with E-state index < -0.39 is 12.1 Å². The summed E-state index contributed by atoms with van der Waals surface area (Å²) in [5, 5.41) is 2.91. The van der Waals surface area contributed by atoms with E-state index in [4.69, 9.17) is 14.5 Å². The van der Waals surface area contributed by atoms with E-state index in [1.807, 2.05) is 67.8 Å². The number of esters is 1. The number of ether oxygens (including phenoxy) is 2. The Morgan fingerprint density at radius 2 is 2.00 bits per heavy atom. The first-order valence-electron chi connectivity index (χ1n) is 10.3. The van der Waals surface area contributed by atoms with E-state index in [0.29, 0.717) is 17.9 Å². The molecule has 3 aromatic rings. The largest absolute Gasteiger partial charge is 0.479 e. The normalized spacial score (nSPS) is 16.4. The van der Waals surface area contributed by atoms with Crippen molar-refractivity contribution in [3.8, 4) is 27.6 Å². The van der Waals surface area contributed by atoms with Gasteiger partial charge in [-0.1, -0.05) is 37.3 Å². The van der Waals surface area contributed by atoms with E-state index >= 15 is 0 Å². The number of aromatic nitrogens is 1. The number of amides is 1. The topological polar surface area (TPSA) is 68.7 Å². The molecule has 0 N–H and O–H groups in total.